The van der Waals surface area contributed by atoms with E-state index < -0.39 is 5.79 Å². The molecule has 0 N–H and O–H groups in total. The molecule has 2 heterocycles. The van der Waals surface area contributed by atoms with Crippen molar-refractivity contribution in [3.8, 4) is 0 Å². The van der Waals surface area contributed by atoms with Gasteiger partial charge in [0.15, 0.2) is 5.79 Å². The molecule has 0 radical (unpaired) electrons. The normalized spacial score (nSPS) is 17.5. The summed E-state index contributed by atoms with van der Waals surface area (Å²) in [5, 5.41) is 5.20. The van der Waals surface area contributed by atoms with Crippen LogP contribution in [0.3, 0.4) is 0 Å². The first-order chi connectivity index (χ1) is 9.70. The van der Waals surface area contributed by atoms with Gasteiger partial charge in [0.1, 0.15) is 12.7 Å². The predicted molar refractivity (Wildman–Crippen MR) is 74.7 cm³/mol. The third kappa shape index (κ3) is 2.67. The molecule has 1 aromatic carbocycles. The van der Waals surface area contributed by atoms with E-state index >= 15 is 0 Å². The maximum absolute atomic E-state index is 6.28. The highest BCUT2D eigenvalue weighted by atomic mass is 35.5. The van der Waals surface area contributed by atoms with Crippen LogP contribution in [0.1, 0.15) is 12.0 Å². The zero-order chi connectivity index (χ0) is 14.0. The molecule has 1 saturated heterocycles. The Morgan fingerprint density at radius 1 is 1.25 bits per heavy atom. The molecular formula is C13H13Cl2N3O2. The van der Waals surface area contributed by atoms with Crippen LogP contribution in [0.2, 0.25) is 10.0 Å². The number of rotatable bonds is 4. The van der Waals surface area contributed by atoms with Crippen molar-refractivity contribution in [2.24, 2.45) is 0 Å². The van der Waals surface area contributed by atoms with E-state index in [1.165, 1.54) is 6.33 Å². The third-order valence-electron chi connectivity index (χ3n) is 3.23. The van der Waals surface area contributed by atoms with Gasteiger partial charge in [0.05, 0.1) is 18.2 Å². The van der Waals surface area contributed by atoms with Crippen molar-refractivity contribution in [3.63, 3.8) is 0 Å². The fourth-order valence-corrected chi connectivity index (χ4v) is 2.85. The minimum absolute atomic E-state index is 0.538. The monoisotopic (exact) mass is 313 g/mol. The first-order valence-corrected chi connectivity index (χ1v) is 7.01. The lowest BCUT2D eigenvalue weighted by molar-refractivity contribution is -0.172. The molecule has 1 aliphatic rings. The fourth-order valence-electron chi connectivity index (χ4n) is 2.30. The van der Waals surface area contributed by atoms with Gasteiger partial charge in [0.25, 0.3) is 0 Å². The molecule has 0 atom stereocenters. The van der Waals surface area contributed by atoms with Gasteiger partial charge >= 0.3 is 0 Å². The Labute approximate surface area is 126 Å². The first-order valence-electron chi connectivity index (χ1n) is 6.25. The summed E-state index contributed by atoms with van der Waals surface area (Å²) in [5.74, 6) is -0.840. The minimum atomic E-state index is -0.840. The number of aromatic nitrogens is 3. The highest BCUT2D eigenvalue weighted by Crippen LogP contribution is 2.39. The second-order valence-corrected chi connectivity index (χ2v) is 5.33. The van der Waals surface area contributed by atoms with Gasteiger partial charge in [0, 0.05) is 23.6 Å². The molecule has 0 aliphatic carbocycles. The lowest BCUT2D eigenvalue weighted by Gasteiger charge is -2.28. The van der Waals surface area contributed by atoms with Crippen molar-refractivity contribution >= 4 is 23.2 Å². The number of aryl methyl sites for hydroxylation is 1. The molecule has 0 bridgehead atoms. The van der Waals surface area contributed by atoms with Gasteiger partial charge in [-0.25, -0.2) is 4.98 Å². The molecule has 0 amide bonds. The second kappa shape index (κ2) is 5.69. The summed E-state index contributed by atoms with van der Waals surface area (Å²) in [6.07, 6.45) is 3.75. The Hall–Kier alpha value is -1.14. The summed E-state index contributed by atoms with van der Waals surface area (Å²) in [6.45, 7) is 1.70. The topological polar surface area (TPSA) is 49.2 Å². The summed E-state index contributed by atoms with van der Waals surface area (Å²) in [6, 6.07) is 5.32. The summed E-state index contributed by atoms with van der Waals surface area (Å²) in [5.41, 5.74) is 0.793. The van der Waals surface area contributed by atoms with Gasteiger partial charge in [-0.15, -0.1) is 0 Å². The second-order valence-electron chi connectivity index (χ2n) is 4.48. The van der Waals surface area contributed by atoms with Gasteiger partial charge in [0.2, 0.25) is 0 Å². The van der Waals surface area contributed by atoms with Crippen LogP contribution in [0.25, 0.3) is 0 Å². The highest BCUT2D eigenvalue weighted by Gasteiger charge is 2.40. The van der Waals surface area contributed by atoms with E-state index in [0.717, 1.165) is 5.56 Å². The first kappa shape index (κ1) is 13.8. The fraction of sp³-hybridized carbons (Fsp3) is 0.385. The molecule has 1 aromatic heterocycles. The lowest BCUT2D eigenvalue weighted by Crippen LogP contribution is -2.29. The summed E-state index contributed by atoms with van der Waals surface area (Å²) in [7, 11) is 0. The van der Waals surface area contributed by atoms with Gasteiger partial charge < -0.3 is 9.47 Å². The van der Waals surface area contributed by atoms with E-state index in [9.17, 15) is 0 Å². The molecule has 106 valence electrons. The quantitative estimate of drug-likeness (QED) is 0.871. The van der Waals surface area contributed by atoms with Crippen molar-refractivity contribution in [1.82, 2.24) is 14.8 Å². The van der Waals surface area contributed by atoms with Crippen LogP contribution in [0, 0.1) is 0 Å². The van der Waals surface area contributed by atoms with Crippen LogP contribution in [-0.4, -0.2) is 28.0 Å². The average molecular weight is 314 g/mol. The van der Waals surface area contributed by atoms with Crippen molar-refractivity contribution in [3.05, 3.63) is 46.5 Å². The lowest BCUT2D eigenvalue weighted by atomic mass is 10.0. The smallest absolute Gasteiger partial charge is 0.198 e. The SMILES string of the molecule is Clc1ccc(C2(CCn3cncn3)OCCO2)c(Cl)c1. The van der Waals surface area contributed by atoms with Crippen molar-refractivity contribution < 1.29 is 9.47 Å². The largest absolute Gasteiger partial charge is 0.343 e. The number of hydrogen-bond acceptors (Lipinski definition) is 4. The number of ether oxygens (including phenoxy) is 2. The van der Waals surface area contributed by atoms with E-state index in [0.29, 0.717) is 36.2 Å². The number of nitrogens with zero attached hydrogens (tertiary/aromatic N) is 3. The van der Waals surface area contributed by atoms with E-state index in [2.05, 4.69) is 10.1 Å². The predicted octanol–water partition coefficient (Wildman–Crippen LogP) is 2.87. The van der Waals surface area contributed by atoms with Gasteiger partial charge in [-0.1, -0.05) is 29.3 Å². The molecular weight excluding hydrogens is 301 g/mol. The van der Waals surface area contributed by atoms with Crippen molar-refractivity contribution in [2.45, 2.75) is 18.8 Å². The maximum Gasteiger partial charge on any atom is 0.198 e. The molecule has 3 rings (SSSR count). The molecule has 5 nitrogen and oxygen atoms in total. The Balaban J connectivity index is 1.87. The summed E-state index contributed by atoms with van der Waals surface area (Å²) < 4.78 is 13.4. The Morgan fingerprint density at radius 2 is 2.05 bits per heavy atom. The van der Waals surface area contributed by atoms with E-state index in [1.807, 2.05) is 6.07 Å². The maximum atomic E-state index is 6.28. The van der Waals surface area contributed by atoms with Gasteiger partial charge in [-0.3, -0.25) is 4.68 Å². The van der Waals surface area contributed by atoms with Crippen molar-refractivity contribution in [1.29, 1.82) is 0 Å². The third-order valence-corrected chi connectivity index (χ3v) is 3.78. The Bertz CT molecular complexity index is 583. The van der Waals surface area contributed by atoms with Gasteiger partial charge in [-0.2, -0.15) is 5.10 Å². The number of hydrogen-bond donors (Lipinski definition) is 0. The zero-order valence-corrected chi connectivity index (χ0v) is 12.1. The molecule has 1 aliphatic heterocycles. The van der Waals surface area contributed by atoms with E-state index in [4.69, 9.17) is 32.7 Å². The standard InChI is InChI=1S/C13H13Cl2N3O2/c14-10-1-2-11(12(15)7-10)13(19-5-6-20-13)3-4-18-9-16-8-17-18/h1-2,7-9H,3-6H2. The Morgan fingerprint density at radius 3 is 2.70 bits per heavy atom. The van der Waals surface area contributed by atoms with Gasteiger partial charge in [-0.05, 0) is 12.1 Å². The Kier molecular flexibility index (Phi) is 3.94. The average Bonchev–Trinajstić information content (AvgIpc) is 3.08. The minimum Gasteiger partial charge on any atom is -0.343 e. The number of benzene rings is 1. The highest BCUT2D eigenvalue weighted by molar-refractivity contribution is 6.35. The molecule has 0 saturated carbocycles. The molecule has 0 spiro atoms. The zero-order valence-electron chi connectivity index (χ0n) is 10.6. The number of halogens is 2. The van der Waals surface area contributed by atoms with E-state index in [1.54, 1.807) is 23.1 Å². The molecule has 1 fully saturated rings. The van der Waals surface area contributed by atoms with Crippen LogP contribution in [0.15, 0.2) is 30.9 Å². The van der Waals surface area contributed by atoms with Crippen LogP contribution in [0.4, 0.5) is 0 Å². The van der Waals surface area contributed by atoms with Crippen LogP contribution >= 0.6 is 23.2 Å². The molecule has 2 aromatic rings. The molecule has 7 heteroatoms. The van der Waals surface area contributed by atoms with E-state index in [-0.39, 0.29) is 0 Å². The summed E-state index contributed by atoms with van der Waals surface area (Å²) in [4.78, 5) is 3.92. The van der Waals surface area contributed by atoms with Crippen LogP contribution in [-0.2, 0) is 21.8 Å². The molecule has 20 heavy (non-hydrogen) atoms. The van der Waals surface area contributed by atoms with Crippen LogP contribution < -0.4 is 0 Å². The van der Waals surface area contributed by atoms with Crippen LogP contribution in [0.5, 0.6) is 0 Å². The van der Waals surface area contributed by atoms with Crippen molar-refractivity contribution in [2.75, 3.05) is 13.2 Å². The summed E-state index contributed by atoms with van der Waals surface area (Å²) >= 11 is 12.2. The molecule has 0 unspecified atom stereocenters.